The van der Waals surface area contributed by atoms with E-state index in [2.05, 4.69) is 10.6 Å². The molecule has 0 spiro atoms. The first-order valence-corrected chi connectivity index (χ1v) is 7.34. The standard InChI is InChI=1S/C15H10F2N2O2S/c16-8-1-3-11(17)10(5-8)15(21)18-9-2-4-13-12(6-9)19-14(20)7-22-13/h1-6H,7H2,(H,18,21)(H,19,20). The van der Waals surface area contributed by atoms with Gasteiger partial charge in [-0.1, -0.05) is 0 Å². The van der Waals surface area contributed by atoms with Gasteiger partial charge in [0.25, 0.3) is 5.91 Å². The van der Waals surface area contributed by atoms with Crippen LogP contribution in [0.25, 0.3) is 0 Å². The van der Waals surface area contributed by atoms with Gasteiger partial charge in [-0.15, -0.1) is 11.8 Å². The predicted molar refractivity (Wildman–Crippen MR) is 80.1 cm³/mol. The van der Waals surface area contributed by atoms with E-state index in [0.717, 1.165) is 23.1 Å². The molecule has 7 heteroatoms. The van der Waals surface area contributed by atoms with E-state index in [1.807, 2.05) is 0 Å². The van der Waals surface area contributed by atoms with Gasteiger partial charge in [0.1, 0.15) is 11.6 Å². The molecule has 0 aromatic heterocycles. The molecule has 1 aliphatic rings. The van der Waals surface area contributed by atoms with Gasteiger partial charge in [0.2, 0.25) is 5.91 Å². The molecular weight excluding hydrogens is 310 g/mol. The third-order valence-electron chi connectivity index (χ3n) is 3.04. The lowest BCUT2D eigenvalue weighted by molar-refractivity contribution is -0.113. The SMILES string of the molecule is O=C1CSc2ccc(NC(=O)c3cc(F)ccc3F)cc2N1. The van der Waals surface area contributed by atoms with Gasteiger partial charge < -0.3 is 10.6 Å². The Kier molecular flexibility index (Phi) is 3.81. The van der Waals surface area contributed by atoms with Crippen molar-refractivity contribution in [2.24, 2.45) is 0 Å². The number of hydrogen-bond acceptors (Lipinski definition) is 3. The van der Waals surface area contributed by atoms with E-state index in [1.54, 1.807) is 18.2 Å². The molecule has 0 atom stereocenters. The lowest BCUT2D eigenvalue weighted by Crippen LogP contribution is -2.19. The van der Waals surface area contributed by atoms with E-state index in [1.165, 1.54) is 11.8 Å². The van der Waals surface area contributed by atoms with Crippen molar-refractivity contribution in [3.8, 4) is 0 Å². The number of benzene rings is 2. The maximum absolute atomic E-state index is 13.6. The molecule has 1 aliphatic heterocycles. The number of amides is 2. The quantitative estimate of drug-likeness (QED) is 0.893. The van der Waals surface area contributed by atoms with Crippen LogP contribution in [-0.2, 0) is 4.79 Å². The summed E-state index contributed by atoms with van der Waals surface area (Å²) in [7, 11) is 0. The number of hydrogen-bond donors (Lipinski definition) is 2. The molecule has 0 unspecified atom stereocenters. The number of thioether (sulfide) groups is 1. The fourth-order valence-corrected chi connectivity index (χ4v) is 2.82. The number of anilines is 2. The minimum atomic E-state index is -0.805. The summed E-state index contributed by atoms with van der Waals surface area (Å²) in [6.07, 6.45) is 0. The van der Waals surface area contributed by atoms with Crippen LogP contribution in [0.5, 0.6) is 0 Å². The molecule has 0 saturated carbocycles. The zero-order chi connectivity index (χ0) is 15.7. The second kappa shape index (κ2) is 5.76. The third kappa shape index (κ3) is 2.94. The van der Waals surface area contributed by atoms with E-state index in [0.29, 0.717) is 17.1 Å². The molecule has 2 aromatic rings. The monoisotopic (exact) mass is 320 g/mol. The van der Waals surface area contributed by atoms with E-state index in [9.17, 15) is 18.4 Å². The maximum Gasteiger partial charge on any atom is 0.258 e. The van der Waals surface area contributed by atoms with E-state index < -0.39 is 17.5 Å². The van der Waals surface area contributed by atoms with Crippen LogP contribution in [0.15, 0.2) is 41.3 Å². The summed E-state index contributed by atoms with van der Waals surface area (Å²) in [5.74, 6) is -2.04. The number of rotatable bonds is 2. The first kappa shape index (κ1) is 14.5. The van der Waals surface area contributed by atoms with Gasteiger partial charge in [-0.2, -0.15) is 0 Å². The van der Waals surface area contributed by atoms with Crippen LogP contribution in [0.4, 0.5) is 20.2 Å². The molecule has 0 saturated heterocycles. The van der Waals surface area contributed by atoms with E-state index in [-0.39, 0.29) is 11.5 Å². The van der Waals surface area contributed by atoms with Crippen molar-refractivity contribution in [2.75, 3.05) is 16.4 Å². The van der Waals surface area contributed by atoms with Gasteiger partial charge in [0.05, 0.1) is 17.0 Å². The second-order valence-electron chi connectivity index (χ2n) is 4.63. The van der Waals surface area contributed by atoms with Crippen LogP contribution in [0.3, 0.4) is 0 Å². The summed E-state index contributed by atoms with van der Waals surface area (Å²) < 4.78 is 26.7. The van der Waals surface area contributed by atoms with Gasteiger partial charge in [-0.05, 0) is 36.4 Å². The Morgan fingerprint density at radius 1 is 1.18 bits per heavy atom. The van der Waals surface area contributed by atoms with Gasteiger partial charge in [0, 0.05) is 10.6 Å². The molecular formula is C15H10F2N2O2S. The summed E-state index contributed by atoms with van der Waals surface area (Å²) in [5, 5.41) is 5.17. The first-order valence-electron chi connectivity index (χ1n) is 6.36. The molecule has 22 heavy (non-hydrogen) atoms. The van der Waals surface area contributed by atoms with Gasteiger partial charge >= 0.3 is 0 Å². The fraction of sp³-hybridized carbons (Fsp3) is 0.0667. The Balaban J connectivity index is 1.84. The molecule has 4 nitrogen and oxygen atoms in total. The zero-order valence-corrected chi connectivity index (χ0v) is 12.0. The summed E-state index contributed by atoms with van der Waals surface area (Å²) in [4.78, 5) is 24.2. The van der Waals surface area contributed by atoms with Crippen molar-refractivity contribution in [3.05, 3.63) is 53.6 Å². The number of nitrogens with one attached hydrogen (secondary N) is 2. The Morgan fingerprint density at radius 3 is 2.82 bits per heavy atom. The van der Waals surface area contributed by atoms with Gasteiger partial charge in [-0.25, -0.2) is 8.78 Å². The number of halogens is 2. The van der Waals surface area contributed by atoms with Crippen molar-refractivity contribution >= 4 is 35.0 Å². The van der Waals surface area contributed by atoms with Crippen molar-refractivity contribution in [3.63, 3.8) is 0 Å². The lowest BCUT2D eigenvalue weighted by atomic mass is 10.2. The number of carbonyl (C=O) groups is 2. The van der Waals surface area contributed by atoms with Gasteiger partial charge in [-0.3, -0.25) is 9.59 Å². The Morgan fingerprint density at radius 2 is 2.00 bits per heavy atom. The minimum Gasteiger partial charge on any atom is -0.324 e. The average molecular weight is 320 g/mol. The average Bonchev–Trinajstić information content (AvgIpc) is 2.49. The van der Waals surface area contributed by atoms with Crippen LogP contribution in [0.1, 0.15) is 10.4 Å². The van der Waals surface area contributed by atoms with Crippen LogP contribution < -0.4 is 10.6 Å². The van der Waals surface area contributed by atoms with E-state index >= 15 is 0 Å². The minimum absolute atomic E-state index is 0.128. The highest BCUT2D eigenvalue weighted by molar-refractivity contribution is 8.00. The molecule has 3 rings (SSSR count). The zero-order valence-electron chi connectivity index (χ0n) is 11.2. The fourth-order valence-electron chi connectivity index (χ4n) is 2.03. The second-order valence-corrected chi connectivity index (χ2v) is 5.64. The summed E-state index contributed by atoms with van der Waals surface area (Å²) in [5.41, 5.74) is 0.588. The highest BCUT2D eigenvalue weighted by atomic mass is 32.2. The van der Waals surface area contributed by atoms with Crippen molar-refractivity contribution < 1.29 is 18.4 Å². The van der Waals surface area contributed by atoms with Crippen LogP contribution in [0.2, 0.25) is 0 Å². The van der Waals surface area contributed by atoms with Crippen molar-refractivity contribution in [1.29, 1.82) is 0 Å². The highest BCUT2D eigenvalue weighted by Gasteiger charge is 2.17. The number of fused-ring (bicyclic) bond motifs is 1. The molecule has 0 aliphatic carbocycles. The predicted octanol–water partition coefficient (Wildman–Crippen LogP) is 3.26. The number of carbonyl (C=O) groups excluding carboxylic acids is 2. The molecule has 1 heterocycles. The van der Waals surface area contributed by atoms with Crippen molar-refractivity contribution in [2.45, 2.75) is 4.90 Å². The molecule has 0 fully saturated rings. The van der Waals surface area contributed by atoms with Crippen LogP contribution in [-0.4, -0.2) is 17.6 Å². The molecule has 2 N–H and O–H groups in total. The smallest absolute Gasteiger partial charge is 0.258 e. The third-order valence-corrected chi connectivity index (χ3v) is 4.12. The molecule has 2 aromatic carbocycles. The van der Waals surface area contributed by atoms with Crippen LogP contribution in [0, 0.1) is 11.6 Å². The Hall–Kier alpha value is -2.41. The summed E-state index contributed by atoms with van der Waals surface area (Å²) >= 11 is 1.39. The lowest BCUT2D eigenvalue weighted by Gasteiger charge is -2.17. The molecule has 112 valence electrons. The van der Waals surface area contributed by atoms with E-state index in [4.69, 9.17) is 0 Å². The molecule has 2 amide bonds. The van der Waals surface area contributed by atoms with Gasteiger partial charge in [0.15, 0.2) is 0 Å². The summed E-state index contributed by atoms with van der Waals surface area (Å²) in [6.45, 7) is 0. The Bertz CT molecular complexity index is 780. The highest BCUT2D eigenvalue weighted by Crippen LogP contribution is 2.33. The molecule has 0 bridgehead atoms. The first-order chi connectivity index (χ1) is 10.5. The largest absolute Gasteiger partial charge is 0.324 e. The maximum atomic E-state index is 13.6. The van der Waals surface area contributed by atoms with Crippen molar-refractivity contribution in [1.82, 2.24) is 0 Å². The molecule has 0 radical (unpaired) electrons. The van der Waals surface area contributed by atoms with Crippen LogP contribution >= 0.6 is 11.8 Å². The topological polar surface area (TPSA) is 58.2 Å². The Labute approximate surface area is 128 Å². The summed E-state index contributed by atoms with van der Waals surface area (Å²) in [6, 6.07) is 7.64. The normalized spacial score (nSPS) is 13.3.